The van der Waals surface area contributed by atoms with Crippen LogP contribution in [0.2, 0.25) is 0 Å². The van der Waals surface area contributed by atoms with Crippen LogP contribution in [0, 0.1) is 38.5 Å². The zero-order valence-electron chi connectivity index (χ0n) is 12.5. The second kappa shape index (κ2) is 6.13. The standard InChI is InChI=1S/C13H10N6O5/c1-7-10(18(21)22)3-8(4-11(7)19(23)24)13(20)16-12-9(5-14)6-15-17(12)2/h3-4,6H,1-2H3,(H,16,20). The van der Waals surface area contributed by atoms with Gasteiger partial charge >= 0.3 is 0 Å². The Morgan fingerprint density at radius 1 is 1.29 bits per heavy atom. The van der Waals surface area contributed by atoms with E-state index in [1.807, 2.05) is 6.07 Å². The average molecular weight is 330 g/mol. The molecule has 0 fully saturated rings. The van der Waals surface area contributed by atoms with Gasteiger partial charge in [0.15, 0.2) is 0 Å². The highest BCUT2D eigenvalue weighted by atomic mass is 16.6. The number of nitrogens with one attached hydrogen (secondary N) is 1. The number of nitro groups is 2. The molecule has 11 nitrogen and oxygen atoms in total. The SMILES string of the molecule is Cc1c([N+](=O)[O-])cc(C(=O)Nc2c(C#N)cnn2C)cc1[N+](=O)[O-]. The summed E-state index contributed by atoms with van der Waals surface area (Å²) in [5.74, 6) is -0.755. The van der Waals surface area contributed by atoms with E-state index in [1.165, 1.54) is 24.9 Å². The normalized spacial score (nSPS) is 10.0. The second-order valence-electron chi connectivity index (χ2n) is 4.75. The summed E-state index contributed by atoms with van der Waals surface area (Å²) < 4.78 is 1.23. The third-order valence-corrected chi connectivity index (χ3v) is 3.30. The number of aromatic nitrogens is 2. The van der Waals surface area contributed by atoms with Gasteiger partial charge in [0.2, 0.25) is 0 Å². The third-order valence-electron chi connectivity index (χ3n) is 3.30. The monoisotopic (exact) mass is 330 g/mol. The number of nitriles is 1. The minimum Gasteiger partial charge on any atom is -0.306 e. The van der Waals surface area contributed by atoms with Crippen molar-refractivity contribution in [3.05, 3.63) is 55.2 Å². The molecule has 11 heteroatoms. The molecule has 122 valence electrons. The molecule has 1 aromatic heterocycles. The van der Waals surface area contributed by atoms with Crippen LogP contribution in [0.1, 0.15) is 21.5 Å². The van der Waals surface area contributed by atoms with Crippen LogP contribution in [0.5, 0.6) is 0 Å². The summed E-state index contributed by atoms with van der Waals surface area (Å²) in [6.07, 6.45) is 1.23. The van der Waals surface area contributed by atoms with Crippen molar-refractivity contribution in [1.29, 1.82) is 5.26 Å². The Balaban J connectivity index is 2.50. The van der Waals surface area contributed by atoms with Crippen LogP contribution in [-0.4, -0.2) is 25.5 Å². The predicted octanol–water partition coefficient (Wildman–Crippen LogP) is 1.67. The maximum atomic E-state index is 12.3. The van der Waals surface area contributed by atoms with Crippen LogP contribution in [0.4, 0.5) is 17.2 Å². The lowest BCUT2D eigenvalue weighted by Crippen LogP contribution is -2.16. The number of hydrogen-bond acceptors (Lipinski definition) is 7. The van der Waals surface area contributed by atoms with Gasteiger partial charge in [-0.2, -0.15) is 10.4 Å². The summed E-state index contributed by atoms with van der Waals surface area (Å²) in [6, 6.07) is 3.72. The maximum absolute atomic E-state index is 12.3. The molecule has 1 aromatic carbocycles. The molecule has 0 saturated heterocycles. The topological polar surface area (TPSA) is 157 Å². The van der Waals surface area contributed by atoms with E-state index in [-0.39, 0.29) is 22.5 Å². The number of benzene rings is 1. The molecular weight excluding hydrogens is 320 g/mol. The van der Waals surface area contributed by atoms with Crippen LogP contribution in [0.3, 0.4) is 0 Å². The molecule has 0 aliphatic rings. The fraction of sp³-hybridized carbons (Fsp3) is 0.154. The molecule has 1 N–H and O–H groups in total. The summed E-state index contributed by atoms with van der Waals surface area (Å²) in [5.41, 5.74) is -1.43. The first-order valence-corrected chi connectivity index (χ1v) is 6.43. The van der Waals surface area contributed by atoms with Crippen LogP contribution >= 0.6 is 0 Å². The highest BCUT2D eigenvalue weighted by Crippen LogP contribution is 2.29. The Bertz CT molecular complexity index is 875. The number of rotatable bonds is 4. The van der Waals surface area contributed by atoms with Crippen molar-refractivity contribution in [1.82, 2.24) is 9.78 Å². The Morgan fingerprint density at radius 2 is 1.83 bits per heavy atom. The largest absolute Gasteiger partial charge is 0.306 e. The smallest absolute Gasteiger partial charge is 0.279 e. The highest BCUT2D eigenvalue weighted by Gasteiger charge is 2.26. The quantitative estimate of drug-likeness (QED) is 0.659. The Kier molecular flexibility index (Phi) is 4.23. The number of hydrogen-bond donors (Lipinski definition) is 1. The summed E-state index contributed by atoms with van der Waals surface area (Å²) in [7, 11) is 1.48. The molecule has 1 heterocycles. The molecule has 0 saturated carbocycles. The molecule has 0 aliphatic heterocycles. The van der Waals surface area contributed by atoms with E-state index in [2.05, 4.69) is 10.4 Å². The van der Waals surface area contributed by atoms with Gasteiger partial charge < -0.3 is 5.32 Å². The van der Waals surface area contributed by atoms with E-state index >= 15 is 0 Å². The van der Waals surface area contributed by atoms with Crippen molar-refractivity contribution < 1.29 is 14.6 Å². The number of nitro benzene ring substituents is 2. The van der Waals surface area contributed by atoms with E-state index in [0.29, 0.717) is 0 Å². The van der Waals surface area contributed by atoms with Crippen molar-refractivity contribution in [3.63, 3.8) is 0 Å². The molecule has 0 bridgehead atoms. The van der Waals surface area contributed by atoms with Crippen LogP contribution in [0.25, 0.3) is 0 Å². The highest BCUT2D eigenvalue weighted by molar-refractivity contribution is 6.05. The lowest BCUT2D eigenvalue weighted by molar-refractivity contribution is -0.395. The van der Waals surface area contributed by atoms with Crippen LogP contribution < -0.4 is 5.32 Å². The zero-order chi connectivity index (χ0) is 18.0. The minimum atomic E-state index is -0.832. The summed E-state index contributed by atoms with van der Waals surface area (Å²) >= 11 is 0. The maximum Gasteiger partial charge on any atom is 0.279 e. The minimum absolute atomic E-state index is 0.0772. The van der Waals surface area contributed by atoms with Gasteiger partial charge in [-0.05, 0) is 6.92 Å². The third kappa shape index (κ3) is 2.88. The van der Waals surface area contributed by atoms with Gasteiger partial charge in [-0.15, -0.1) is 0 Å². The number of anilines is 1. The fourth-order valence-electron chi connectivity index (χ4n) is 2.04. The Hall–Kier alpha value is -3.81. The van der Waals surface area contributed by atoms with E-state index in [9.17, 15) is 25.0 Å². The van der Waals surface area contributed by atoms with Crippen LogP contribution in [0.15, 0.2) is 18.3 Å². The number of carbonyl (C=O) groups is 1. The first-order chi connectivity index (χ1) is 11.3. The summed E-state index contributed by atoms with van der Waals surface area (Å²) in [5, 5.41) is 37.2. The second-order valence-corrected chi connectivity index (χ2v) is 4.75. The van der Waals surface area contributed by atoms with Gasteiger partial charge in [-0.3, -0.25) is 29.7 Å². The van der Waals surface area contributed by atoms with E-state index in [0.717, 1.165) is 12.1 Å². The molecule has 24 heavy (non-hydrogen) atoms. The molecule has 0 atom stereocenters. The van der Waals surface area contributed by atoms with Gasteiger partial charge in [0.25, 0.3) is 17.3 Å². The number of aryl methyl sites for hydroxylation is 1. The van der Waals surface area contributed by atoms with Crippen molar-refractivity contribution in [2.75, 3.05) is 5.32 Å². The summed E-state index contributed by atoms with van der Waals surface area (Å²) in [6.45, 7) is 1.23. The molecular formula is C13H10N6O5. The number of amides is 1. The molecule has 0 radical (unpaired) electrons. The Labute approximate surface area is 134 Å². The van der Waals surface area contributed by atoms with E-state index in [1.54, 1.807) is 0 Å². The first kappa shape index (κ1) is 16.6. The fourth-order valence-corrected chi connectivity index (χ4v) is 2.04. The zero-order valence-corrected chi connectivity index (χ0v) is 12.5. The van der Waals surface area contributed by atoms with Gasteiger partial charge in [0.1, 0.15) is 23.0 Å². The first-order valence-electron chi connectivity index (χ1n) is 6.43. The van der Waals surface area contributed by atoms with Gasteiger partial charge in [0, 0.05) is 19.2 Å². The van der Waals surface area contributed by atoms with Crippen molar-refractivity contribution >= 4 is 23.1 Å². The van der Waals surface area contributed by atoms with Gasteiger partial charge in [-0.25, -0.2) is 0 Å². The number of nitrogens with zero attached hydrogens (tertiary/aromatic N) is 5. The lowest BCUT2D eigenvalue weighted by Gasteiger charge is -2.07. The molecule has 1 amide bonds. The molecule has 2 rings (SSSR count). The molecule has 0 spiro atoms. The van der Waals surface area contributed by atoms with Crippen molar-refractivity contribution in [2.24, 2.45) is 7.05 Å². The average Bonchev–Trinajstić information content (AvgIpc) is 2.87. The molecule has 0 aliphatic carbocycles. The predicted molar refractivity (Wildman–Crippen MR) is 80.4 cm³/mol. The van der Waals surface area contributed by atoms with Crippen molar-refractivity contribution in [3.8, 4) is 6.07 Å². The van der Waals surface area contributed by atoms with Crippen LogP contribution in [-0.2, 0) is 7.05 Å². The van der Waals surface area contributed by atoms with Gasteiger partial charge in [0.05, 0.1) is 21.6 Å². The summed E-state index contributed by atoms with van der Waals surface area (Å²) in [4.78, 5) is 32.8. The van der Waals surface area contributed by atoms with E-state index in [4.69, 9.17) is 5.26 Å². The Morgan fingerprint density at radius 3 is 2.29 bits per heavy atom. The van der Waals surface area contributed by atoms with Gasteiger partial charge in [-0.1, -0.05) is 0 Å². The molecule has 0 unspecified atom stereocenters. The van der Waals surface area contributed by atoms with Crippen molar-refractivity contribution in [2.45, 2.75) is 6.92 Å². The van der Waals surface area contributed by atoms with E-state index < -0.39 is 27.1 Å². The lowest BCUT2D eigenvalue weighted by atomic mass is 10.1. The number of carbonyl (C=O) groups excluding carboxylic acids is 1. The molecule has 2 aromatic rings.